The number of hydrogen-bond acceptors (Lipinski definition) is 2. The summed E-state index contributed by atoms with van der Waals surface area (Å²) in [6.45, 7) is 4.43. The van der Waals surface area contributed by atoms with Crippen molar-refractivity contribution in [1.29, 1.82) is 0 Å². The third-order valence-corrected chi connectivity index (χ3v) is 4.08. The third-order valence-electron chi connectivity index (χ3n) is 3.73. The molecule has 1 aromatic rings. The molecule has 106 valence electrons. The molecular formula is C15H22ClFN2. The summed E-state index contributed by atoms with van der Waals surface area (Å²) in [6.07, 6.45) is 5.00. The van der Waals surface area contributed by atoms with E-state index in [9.17, 15) is 4.39 Å². The minimum atomic E-state index is -0.185. The number of benzene rings is 1. The predicted octanol–water partition coefficient (Wildman–Crippen LogP) is 3.41. The van der Waals surface area contributed by atoms with Crippen molar-refractivity contribution in [3.8, 4) is 0 Å². The summed E-state index contributed by atoms with van der Waals surface area (Å²) in [5.41, 5.74) is 1.43. The van der Waals surface area contributed by atoms with Gasteiger partial charge in [0.05, 0.1) is 0 Å². The summed E-state index contributed by atoms with van der Waals surface area (Å²) in [6, 6.07) is 3.85. The fraction of sp³-hybridized carbons (Fsp3) is 0.600. The Hall–Kier alpha value is -0.640. The molecule has 1 aromatic carbocycles. The Morgan fingerprint density at radius 2 is 2.26 bits per heavy atom. The second-order valence-corrected chi connectivity index (χ2v) is 5.71. The first-order valence-electron chi connectivity index (χ1n) is 7.05. The highest BCUT2D eigenvalue weighted by Crippen LogP contribution is 2.20. The van der Waals surface area contributed by atoms with Crippen LogP contribution in [0.5, 0.6) is 0 Å². The lowest BCUT2D eigenvalue weighted by atomic mass is 10.0. The van der Waals surface area contributed by atoms with Crippen molar-refractivity contribution >= 4 is 11.6 Å². The summed E-state index contributed by atoms with van der Waals surface area (Å²) in [5.74, 6) is -0.185. The molecule has 19 heavy (non-hydrogen) atoms. The van der Waals surface area contributed by atoms with E-state index < -0.39 is 0 Å². The molecule has 0 amide bonds. The average molecular weight is 285 g/mol. The summed E-state index contributed by atoms with van der Waals surface area (Å²) < 4.78 is 13.5. The van der Waals surface area contributed by atoms with E-state index >= 15 is 0 Å². The van der Waals surface area contributed by atoms with Gasteiger partial charge in [-0.2, -0.15) is 0 Å². The third kappa shape index (κ3) is 4.44. The molecule has 1 unspecified atom stereocenters. The summed E-state index contributed by atoms with van der Waals surface area (Å²) in [5, 5.41) is 7.51. The number of aryl methyl sites for hydroxylation is 1. The largest absolute Gasteiger partial charge is 0.314 e. The number of nitrogens with one attached hydrogen (secondary N) is 2. The molecule has 0 aromatic heterocycles. The topological polar surface area (TPSA) is 24.1 Å². The molecule has 1 saturated heterocycles. The molecular weight excluding hydrogens is 263 g/mol. The van der Waals surface area contributed by atoms with Crippen LogP contribution in [0.1, 0.15) is 36.8 Å². The maximum absolute atomic E-state index is 13.5. The molecule has 0 bridgehead atoms. The lowest BCUT2D eigenvalue weighted by molar-refractivity contribution is 0.376. The molecule has 2 nitrogen and oxygen atoms in total. The quantitative estimate of drug-likeness (QED) is 0.810. The van der Waals surface area contributed by atoms with E-state index in [1.165, 1.54) is 25.3 Å². The van der Waals surface area contributed by atoms with Crippen molar-refractivity contribution in [3.63, 3.8) is 0 Å². The fourth-order valence-corrected chi connectivity index (χ4v) is 2.78. The van der Waals surface area contributed by atoms with Gasteiger partial charge in [-0.15, -0.1) is 0 Å². The maximum atomic E-state index is 13.5. The first-order valence-corrected chi connectivity index (χ1v) is 7.43. The molecule has 0 radical (unpaired) electrons. The standard InChI is InChI=1S/C15H22ClFN2/c1-11-8-14(16)12(9-15(11)17)10-18-7-5-13-4-2-3-6-19-13/h8-9,13,18-19H,2-7,10H2,1H3. The van der Waals surface area contributed by atoms with E-state index in [-0.39, 0.29) is 5.82 Å². The Labute approximate surface area is 119 Å². The van der Waals surface area contributed by atoms with Crippen molar-refractivity contribution in [2.45, 2.75) is 45.2 Å². The van der Waals surface area contributed by atoms with Gasteiger partial charge in [0, 0.05) is 17.6 Å². The Morgan fingerprint density at radius 3 is 3.00 bits per heavy atom. The minimum absolute atomic E-state index is 0.185. The Balaban J connectivity index is 1.74. The molecule has 1 aliphatic rings. The molecule has 1 fully saturated rings. The molecule has 2 rings (SSSR count). The Morgan fingerprint density at radius 1 is 1.42 bits per heavy atom. The molecule has 2 N–H and O–H groups in total. The van der Waals surface area contributed by atoms with Gasteiger partial charge in [-0.3, -0.25) is 0 Å². The number of piperidine rings is 1. The van der Waals surface area contributed by atoms with E-state index in [1.807, 2.05) is 0 Å². The van der Waals surface area contributed by atoms with E-state index in [0.29, 0.717) is 23.2 Å². The van der Waals surface area contributed by atoms with E-state index in [4.69, 9.17) is 11.6 Å². The molecule has 0 saturated carbocycles. The van der Waals surface area contributed by atoms with Crippen LogP contribution in [-0.2, 0) is 6.54 Å². The lowest BCUT2D eigenvalue weighted by Gasteiger charge is -2.23. The second-order valence-electron chi connectivity index (χ2n) is 5.31. The highest BCUT2D eigenvalue weighted by atomic mass is 35.5. The normalized spacial score (nSPS) is 19.6. The first-order chi connectivity index (χ1) is 9.16. The number of halogens is 2. The molecule has 0 spiro atoms. The van der Waals surface area contributed by atoms with E-state index in [2.05, 4.69) is 10.6 Å². The highest BCUT2D eigenvalue weighted by molar-refractivity contribution is 6.31. The molecule has 1 atom stereocenters. The molecule has 1 heterocycles. The van der Waals surface area contributed by atoms with Gasteiger partial charge in [0.2, 0.25) is 0 Å². The van der Waals surface area contributed by atoms with Crippen molar-refractivity contribution in [2.24, 2.45) is 0 Å². The first kappa shape index (κ1) is 14.8. The van der Waals surface area contributed by atoms with Gasteiger partial charge in [0.25, 0.3) is 0 Å². The fourth-order valence-electron chi connectivity index (χ4n) is 2.49. The predicted molar refractivity (Wildman–Crippen MR) is 78.1 cm³/mol. The van der Waals surface area contributed by atoms with Crippen LogP contribution >= 0.6 is 11.6 Å². The van der Waals surface area contributed by atoms with Crippen LogP contribution in [-0.4, -0.2) is 19.1 Å². The van der Waals surface area contributed by atoms with Gasteiger partial charge in [0.1, 0.15) is 5.82 Å². The highest BCUT2D eigenvalue weighted by Gasteiger charge is 2.11. The summed E-state index contributed by atoms with van der Waals surface area (Å²) >= 11 is 6.11. The maximum Gasteiger partial charge on any atom is 0.126 e. The van der Waals surface area contributed by atoms with Gasteiger partial charge >= 0.3 is 0 Å². The smallest absolute Gasteiger partial charge is 0.126 e. The lowest BCUT2D eigenvalue weighted by Crippen LogP contribution is -2.36. The molecule has 0 aliphatic carbocycles. The van der Waals surface area contributed by atoms with Crippen LogP contribution in [0.2, 0.25) is 5.02 Å². The van der Waals surface area contributed by atoms with Crippen LogP contribution in [0, 0.1) is 12.7 Å². The summed E-state index contributed by atoms with van der Waals surface area (Å²) in [4.78, 5) is 0. The minimum Gasteiger partial charge on any atom is -0.314 e. The zero-order valence-corrected chi connectivity index (χ0v) is 12.2. The SMILES string of the molecule is Cc1cc(Cl)c(CNCCC2CCCCN2)cc1F. The van der Waals surface area contributed by atoms with Crippen LogP contribution in [0.25, 0.3) is 0 Å². The monoisotopic (exact) mass is 284 g/mol. The van der Waals surface area contributed by atoms with Crippen molar-refractivity contribution in [2.75, 3.05) is 13.1 Å². The van der Waals surface area contributed by atoms with Crippen molar-refractivity contribution < 1.29 is 4.39 Å². The van der Waals surface area contributed by atoms with E-state index in [1.54, 1.807) is 13.0 Å². The zero-order valence-electron chi connectivity index (χ0n) is 11.4. The number of hydrogen-bond donors (Lipinski definition) is 2. The average Bonchev–Trinajstić information content (AvgIpc) is 2.41. The second kappa shape index (κ2) is 7.22. The van der Waals surface area contributed by atoms with Crippen LogP contribution in [0.15, 0.2) is 12.1 Å². The van der Waals surface area contributed by atoms with Gasteiger partial charge in [-0.05, 0) is 62.5 Å². The Bertz CT molecular complexity index is 417. The Kier molecular flexibility index (Phi) is 5.61. The van der Waals surface area contributed by atoms with Gasteiger partial charge in [0.15, 0.2) is 0 Å². The van der Waals surface area contributed by atoms with Gasteiger partial charge < -0.3 is 10.6 Å². The van der Waals surface area contributed by atoms with Crippen LogP contribution in [0.3, 0.4) is 0 Å². The zero-order chi connectivity index (χ0) is 13.7. The molecule has 1 aliphatic heterocycles. The molecule has 4 heteroatoms. The van der Waals surface area contributed by atoms with E-state index in [0.717, 1.165) is 25.1 Å². The summed E-state index contributed by atoms with van der Waals surface area (Å²) in [7, 11) is 0. The van der Waals surface area contributed by atoms with Crippen LogP contribution in [0.4, 0.5) is 4.39 Å². The number of rotatable bonds is 5. The van der Waals surface area contributed by atoms with Gasteiger partial charge in [-0.1, -0.05) is 18.0 Å². The van der Waals surface area contributed by atoms with Crippen molar-refractivity contribution in [3.05, 3.63) is 34.1 Å². The van der Waals surface area contributed by atoms with Crippen molar-refractivity contribution in [1.82, 2.24) is 10.6 Å². The van der Waals surface area contributed by atoms with Gasteiger partial charge in [-0.25, -0.2) is 4.39 Å². The van der Waals surface area contributed by atoms with Crippen LogP contribution < -0.4 is 10.6 Å².